The fraction of sp³-hybridized carbons (Fsp3) is 0.714. The van der Waals surface area contributed by atoms with Crippen LogP contribution in [0.1, 0.15) is 59.3 Å². The number of aliphatic carboxylic acids is 1. The highest BCUT2D eigenvalue weighted by Gasteiger charge is 2.58. The van der Waals surface area contributed by atoms with Crippen LogP contribution in [-0.4, -0.2) is 35.4 Å². The van der Waals surface area contributed by atoms with Crippen molar-refractivity contribution in [3.63, 3.8) is 0 Å². The van der Waals surface area contributed by atoms with Crippen LogP contribution in [0, 0.1) is 22.7 Å². The van der Waals surface area contributed by atoms with Crippen LogP contribution < -0.4 is 0 Å². The van der Waals surface area contributed by atoms with E-state index >= 15 is 0 Å². The first-order valence-electron chi connectivity index (χ1n) is 9.58. The number of hydrogen-bond donors (Lipinski definition) is 2. The number of carboxylic acid groups (broad SMARTS) is 1. The highest BCUT2D eigenvalue weighted by atomic mass is 16.5. The summed E-state index contributed by atoms with van der Waals surface area (Å²) in [6, 6.07) is 0. The molecule has 3 rings (SSSR count). The van der Waals surface area contributed by atoms with Gasteiger partial charge in [0.1, 0.15) is 0 Å². The lowest BCUT2D eigenvalue weighted by Crippen LogP contribution is -2.54. The van der Waals surface area contributed by atoms with Crippen LogP contribution in [0.25, 0.3) is 0 Å². The maximum atomic E-state index is 12.6. The second kappa shape index (κ2) is 6.52. The molecule has 0 radical (unpaired) electrons. The van der Waals surface area contributed by atoms with E-state index in [-0.39, 0.29) is 23.2 Å². The summed E-state index contributed by atoms with van der Waals surface area (Å²) in [7, 11) is 1.44. The molecule has 3 aliphatic carbocycles. The fourth-order valence-electron chi connectivity index (χ4n) is 6.14. The van der Waals surface area contributed by atoms with E-state index < -0.39 is 17.5 Å². The number of esters is 1. The zero-order valence-corrected chi connectivity index (χ0v) is 16.2. The summed E-state index contributed by atoms with van der Waals surface area (Å²) < 4.78 is 5.13. The number of fused-ring (bicyclic) bond motifs is 2. The smallest absolute Gasteiger partial charge is 0.328 e. The van der Waals surface area contributed by atoms with Gasteiger partial charge in [-0.05, 0) is 55.9 Å². The molecule has 0 amide bonds. The zero-order valence-electron chi connectivity index (χ0n) is 16.2. The summed E-state index contributed by atoms with van der Waals surface area (Å²) in [5, 5.41) is 20.1. The van der Waals surface area contributed by atoms with Crippen LogP contribution in [0.5, 0.6) is 0 Å². The van der Waals surface area contributed by atoms with Gasteiger partial charge in [0.25, 0.3) is 0 Å². The number of carboxylic acids is 1. The lowest BCUT2D eigenvalue weighted by atomic mass is 9.47. The Balaban J connectivity index is 2.08. The molecule has 1 fully saturated rings. The Hall–Kier alpha value is -1.62. The van der Waals surface area contributed by atoms with Gasteiger partial charge in [-0.15, -0.1) is 0 Å². The first-order chi connectivity index (χ1) is 12.1. The molecule has 5 unspecified atom stereocenters. The van der Waals surface area contributed by atoms with Gasteiger partial charge in [-0.25, -0.2) is 4.79 Å². The summed E-state index contributed by atoms with van der Waals surface area (Å²) in [5.41, 5.74) is 2.41. The van der Waals surface area contributed by atoms with Gasteiger partial charge < -0.3 is 14.9 Å². The number of ether oxygens (including phenoxy) is 1. The van der Waals surface area contributed by atoms with E-state index in [0.29, 0.717) is 12.8 Å². The van der Waals surface area contributed by atoms with Crippen LogP contribution in [0.4, 0.5) is 0 Å². The molecular weight excluding hydrogens is 332 g/mol. The second-order valence-corrected chi connectivity index (χ2v) is 8.70. The largest absolute Gasteiger partial charge is 0.478 e. The maximum Gasteiger partial charge on any atom is 0.328 e. The van der Waals surface area contributed by atoms with Gasteiger partial charge in [0.05, 0.1) is 18.6 Å². The highest BCUT2D eigenvalue weighted by molar-refractivity contribution is 5.81. The van der Waals surface area contributed by atoms with Crippen molar-refractivity contribution in [1.29, 1.82) is 0 Å². The van der Waals surface area contributed by atoms with E-state index in [2.05, 4.69) is 6.92 Å². The lowest BCUT2D eigenvalue weighted by molar-refractivity contribution is -0.164. The van der Waals surface area contributed by atoms with Crippen molar-refractivity contribution in [3.05, 3.63) is 22.8 Å². The number of methoxy groups -OCH3 is 1. The quantitative estimate of drug-likeness (QED) is 0.446. The first-order valence-corrected chi connectivity index (χ1v) is 9.58. The Morgan fingerprint density at radius 2 is 1.92 bits per heavy atom. The van der Waals surface area contributed by atoms with E-state index in [1.54, 1.807) is 0 Å². The minimum atomic E-state index is -0.929. The summed E-state index contributed by atoms with van der Waals surface area (Å²) in [6.45, 7) is 6.22. The Bertz CT molecular complexity index is 691. The van der Waals surface area contributed by atoms with Gasteiger partial charge in [-0.2, -0.15) is 0 Å². The molecule has 0 aromatic carbocycles. The Morgan fingerprint density at radius 3 is 2.54 bits per heavy atom. The summed E-state index contributed by atoms with van der Waals surface area (Å²) in [5.74, 6) is -1.13. The average Bonchev–Trinajstić information content (AvgIpc) is 2.58. The number of hydrogen-bond acceptors (Lipinski definition) is 4. The normalized spacial score (nSPS) is 41.4. The molecule has 1 saturated carbocycles. The van der Waals surface area contributed by atoms with Crippen LogP contribution in [0.3, 0.4) is 0 Å². The molecule has 5 nitrogen and oxygen atoms in total. The van der Waals surface area contributed by atoms with Crippen LogP contribution in [0.15, 0.2) is 22.8 Å². The molecule has 0 bridgehead atoms. The minimum absolute atomic E-state index is 0.0437. The maximum absolute atomic E-state index is 12.6. The van der Waals surface area contributed by atoms with E-state index in [4.69, 9.17) is 9.84 Å². The van der Waals surface area contributed by atoms with Gasteiger partial charge in [0.15, 0.2) is 0 Å². The van der Waals surface area contributed by atoms with Gasteiger partial charge in [0.2, 0.25) is 0 Å². The monoisotopic (exact) mass is 362 g/mol. The van der Waals surface area contributed by atoms with Crippen molar-refractivity contribution < 1.29 is 24.5 Å². The molecule has 5 heteroatoms. The van der Waals surface area contributed by atoms with Crippen molar-refractivity contribution in [1.82, 2.24) is 0 Å². The topological polar surface area (TPSA) is 83.8 Å². The molecule has 0 heterocycles. The van der Waals surface area contributed by atoms with Gasteiger partial charge >= 0.3 is 11.9 Å². The Kier molecular flexibility index (Phi) is 4.80. The molecule has 26 heavy (non-hydrogen) atoms. The van der Waals surface area contributed by atoms with E-state index in [1.807, 2.05) is 13.8 Å². The molecule has 5 atom stereocenters. The van der Waals surface area contributed by atoms with E-state index in [0.717, 1.165) is 36.8 Å². The van der Waals surface area contributed by atoms with Crippen LogP contribution >= 0.6 is 0 Å². The molecule has 0 spiro atoms. The highest BCUT2D eigenvalue weighted by Crippen LogP contribution is 2.63. The predicted octanol–water partition coefficient (Wildman–Crippen LogP) is 3.47. The molecule has 0 aromatic heterocycles. The molecular formula is C21H30O5. The second-order valence-electron chi connectivity index (χ2n) is 8.70. The fourth-order valence-corrected chi connectivity index (χ4v) is 6.14. The Morgan fingerprint density at radius 1 is 1.23 bits per heavy atom. The SMILES string of the molecule is COC(=O)C1(C)CCCC2(C)C3=C(C(O)CC12)C(C)C(=CC(=O)O)CC3. The third-order valence-electron chi connectivity index (χ3n) is 7.43. The third-order valence-corrected chi connectivity index (χ3v) is 7.43. The van der Waals surface area contributed by atoms with Crippen molar-refractivity contribution in [3.8, 4) is 0 Å². The van der Waals surface area contributed by atoms with Crippen molar-refractivity contribution in [2.75, 3.05) is 7.11 Å². The standard InChI is InChI=1S/C21H30O5/c1-12-13(10-17(23)24)6-7-14-18(12)15(22)11-16-20(14,2)8-5-9-21(16,3)19(25)26-4/h10,12,15-16,22H,5-9,11H2,1-4H3,(H,23,24). The van der Waals surface area contributed by atoms with Crippen molar-refractivity contribution in [2.45, 2.75) is 65.4 Å². The predicted molar refractivity (Wildman–Crippen MR) is 97.3 cm³/mol. The van der Waals surface area contributed by atoms with Crippen molar-refractivity contribution >= 4 is 11.9 Å². The van der Waals surface area contributed by atoms with Gasteiger partial charge in [0, 0.05) is 12.0 Å². The first kappa shape index (κ1) is 19.2. The van der Waals surface area contributed by atoms with Crippen LogP contribution in [-0.2, 0) is 14.3 Å². The molecule has 3 aliphatic rings. The average molecular weight is 362 g/mol. The molecule has 0 saturated heterocycles. The summed E-state index contributed by atoms with van der Waals surface area (Å²) >= 11 is 0. The number of carbonyl (C=O) groups is 2. The number of allylic oxidation sites excluding steroid dienone is 2. The van der Waals surface area contributed by atoms with Crippen LogP contribution in [0.2, 0.25) is 0 Å². The zero-order chi connectivity index (χ0) is 19.3. The van der Waals surface area contributed by atoms with Gasteiger partial charge in [-0.3, -0.25) is 4.79 Å². The number of carbonyl (C=O) groups excluding carboxylic acids is 1. The summed E-state index contributed by atoms with van der Waals surface area (Å²) in [4.78, 5) is 23.7. The van der Waals surface area contributed by atoms with E-state index in [1.165, 1.54) is 18.8 Å². The number of rotatable bonds is 2. The molecule has 0 aromatic rings. The Labute approximate surface area is 155 Å². The van der Waals surface area contributed by atoms with Gasteiger partial charge in [-0.1, -0.05) is 31.4 Å². The molecule has 0 aliphatic heterocycles. The molecule has 2 N–H and O–H groups in total. The number of aliphatic hydroxyl groups is 1. The molecule has 144 valence electrons. The van der Waals surface area contributed by atoms with E-state index in [9.17, 15) is 14.7 Å². The number of aliphatic hydroxyl groups excluding tert-OH is 1. The summed E-state index contributed by atoms with van der Waals surface area (Å²) in [6.07, 6.45) is 5.42. The van der Waals surface area contributed by atoms with Crippen molar-refractivity contribution in [2.24, 2.45) is 22.7 Å². The lowest BCUT2D eigenvalue weighted by Gasteiger charge is -2.57. The minimum Gasteiger partial charge on any atom is -0.478 e. The third kappa shape index (κ3) is 2.72.